The first kappa shape index (κ1) is 42.5. The lowest BCUT2D eigenvalue weighted by Crippen LogP contribution is -2.03. The van der Waals surface area contributed by atoms with Crippen molar-refractivity contribution in [1.29, 1.82) is 0 Å². The number of pyridine rings is 4. The molecular weight excluding hydrogens is 532 g/mol. The molecule has 0 unspecified atom stereocenters. The SMILES string of the molecule is C.C.C.CC(=O)c1cccc(CN)n1.Cc1cccc(C)n1.NCc1cccc(CO)n1.OCc1cccc(CO)n1. The summed E-state index contributed by atoms with van der Waals surface area (Å²) in [7, 11) is 0. The molecule has 4 heterocycles. The second kappa shape index (κ2) is 24.8. The highest BCUT2D eigenvalue weighted by Crippen LogP contribution is 2.00. The molecule has 7 N–H and O–H groups in total. The van der Waals surface area contributed by atoms with Crippen LogP contribution >= 0.6 is 0 Å². The van der Waals surface area contributed by atoms with E-state index in [0.717, 1.165) is 22.8 Å². The molecule has 0 saturated carbocycles. The van der Waals surface area contributed by atoms with E-state index >= 15 is 0 Å². The Hall–Kier alpha value is -3.93. The Balaban J connectivity index is -0.000000474. The average molecular weight is 583 g/mol. The van der Waals surface area contributed by atoms with Crippen LogP contribution in [0, 0.1) is 13.8 Å². The number of nitrogens with two attached hydrogens (primary N) is 2. The number of rotatable bonds is 6. The van der Waals surface area contributed by atoms with Gasteiger partial charge in [0.1, 0.15) is 5.69 Å². The minimum atomic E-state index is -0.0756. The highest BCUT2D eigenvalue weighted by molar-refractivity contribution is 5.92. The number of aromatic nitrogens is 4. The first-order valence-electron chi connectivity index (χ1n) is 12.3. The molecule has 0 aliphatic heterocycles. The van der Waals surface area contributed by atoms with Crippen LogP contribution in [-0.2, 0) is 32.9 Å². The summed E-state index contributed by atoms with van der Waals surface area (Å²) in [5.41, 5.74) is 16.7. The zero-order valence-electron chi connectivity index (χ0n) is 22.7. The predicted molar refractivity (Wildman–Crippen MR) is 170 cm³/mol. The third-order valence-electron chi connectivity index (χ3n) is 4.83. The standard InChI is InChI=1S/C8H10N2O.C7H10N2O.C7H9NO2.C7H9N.3CH4/c1-6(11)8-4-2-3-7(5-9)10-8;8-4-6-2-1-3-7(5-10)9-6;9-4-6-2-1-3-7(5-10)8-6;1-6-4-3-5-7(2)8-6;;;/h2-4H,5,9H2,1H3;1-3,10H,4-5,8H2;1-3,9-10H,4-5H2;3-5H,1-2H3;3*1H4. The van der Waals surface area contributed by atoms with Crippen LogP contribution in [0.2, 0.25) is 0 Å². The van der Waals surface area contributed by atoms with Gasteiger partial charge in [0, 0.05) is 31.4 Å². The van der Waals surface area contributed by atoms with E-state index in [2.05, 4.69) is 19.9 Å². The van der Waals surface area contributed by atoms with Crippen molar-refractivity contribution in [2.24, 2.45) is 11.5 Å². The van der Waals surface area contributed by atoms with E-state index in [1.807, 2.05) is 44.2 Å². The Bertz CT molecular complexity index is 1170. The van der Waals surface area contributed by atoms with Crippen molar-refractivity contribution in [3.05, 3.63) is 118 Å². The number of aliphatic hydroxyl groups is 3. The molecule has 0 saturated heterocycles. The molecule has 4 aromatic rings. The fourth-order valence-electron chi connectivity index (χ4n) is 2.91. The van der Waals surface area contributed by atoms with E-state index in [1.54, 1.807) is 42.5 Å². The first-order valence-corrected chi connectivity index (χ1v) is 12.3. The number of carbonyl (C=O) groups excluding carboxylic acids is 1. The highest BCUT2D eigenvalue weighted by atomic mass is 16.3. The van der Waals surface area contributed by atoms with Crippen LogP contribution in [0.1, 0.15) is 79.5 Å². The maximum Gasteiger partial charge on any atom is 0.178 e. The molecule has 0 spiro atoms. The van der Waals surface area contributed by atoms with Crippen LogP contribution in [0.15, 0.2) is 72.8 Å². The number of aliphatic hydroxyl groups excluding tert-OH is 3. The molecule has 0 aliphatic carbocycles. The summed E-state index contributed by atoms with van der Waals surface area (Å²) in [6.45, 7) is 6.10. The summed E-state index contributed by atoms with van der Waals surface area (Å²) in [5, 5.41) is 25.9. The minimum Gasteiger partial charge on any atom is -0.390 e. The Morgan fingerprint density at radius 3 is 1.24 bits per heavy atom. The average Bonchev–Trinajstić information content (AvgIpc) is 2.98. The normalized spacial score (nSPS) is 8.95. The lowest BCUT2D eigenvalue weighted by atomic mass is 10.2. The quantitative estimate of drug-likeness (QED) is 0.204. The number of aryl methyl sites for hydroxylation is 2. The van der Waals surface area contributed by atoms with Crippen molar-refractivity contribution in [3.8, 4) is 0 Å². The Morgan fingerprint density at radius 1 is 0.571 bits per heavy atom. The van der Waals surface area contributed by atoms with Gasteiger partial charge in [-0.1, -0.05) is 46.5 Å². The lowest BCUT2D eigenvalue weighted by Gasteiger charge is -1.97. The van der Waals surface area contributed by atoms with E-state index in [1.165, 1.54) is 6.92 Å². The third kappa shape index (κ3) is 17.7. The van der Waals surface area contributed by atoms with Crippen LogP contribution in [0.4, 0.5) is 0 Å². The predicted octanol–water partition coefficient (Wildman–Crippen LogP) is 4.45. The largest absolute Gasteiger partial charge is 0.390 e. The molecular formula is C32H50N6O4. The maximum absolute atomic E-state index is 10.8. The minimum absolute atomic E-state index is 0. The molecule has 0 bridgehead atoms. The van der Waals surface area contributed by atoms with Crippen molar-refractivity contribution < 1.29 is 20.1 Å². The molecule has 0 atom stereocenters. The number of nitrogens with zero attached hydrogens (tertiary/aromatic N) is 4. The van der Waals surface area contributed by atoms with Gasteiger partial charge < -0.3 is 26.8 Å². The van der Waals surface area contributed by atoms with Crippen molar-refractivity contribution in [1.82, 2.24) is 19.9 Å². The van der Waals surface area contributed by atoms with E-state index in [4.69, 9.17) is 26.8 Å². The number of hydrogen-bond donors (Lipinski definition) is 5. The van der Waals surface area contributed by atoms with Gasteiger partial charge >= 0.3 is 0 Å². The molecule has 42 heavy (non-hydrogen) atoms. The monoisotopic (exact) mass is 582 g/mol. The van der Waals surface area contributed by atoms with Gasteiger partial charge in [0.25, 0.3) is 0 Å². The number of carbonyl (C=O) groups is 1. The smallest absolute Gasteiger partial charge is 0.178 e. The molecule has 4 rings (SSSR count). The van der Waals surface area contributed by atoms with Crippen molar-refractivity contribution in [2.75, 3.05) is 0 Å². The highest BCUT2D eigenvalue weighted by Gasteiger charge is 2.00. The Morgan fingerprint density at radius 2 is 0.905 bits per heavy atom. The van der Waals surface area contributed by atoms with E-state index < -0.39 is 0 Å². The molecule has 0 aliphatic rings. The van der Waals surface area contributed by atoms with Crippen molar-refractivity contribution in [3.63, 3.8) is 0 Å². The van der Waals surface area contributed by atoms with Gasteiger partial charge in [-0.2, -0.15) is 0 Å². The zero-order chi connectivity index (χ0) is 29.0. The molecule has 0 radical (unpaired) electrons. The number of hydrogen-bond acceptors (Lipinski definition) is 10. The molecule has 4 aromatic heterocycles. The second-order valence-corrected chi connectivity index (χ2v) is 8.11. The molecule has 0 fully saturated rings. The van der Waals surface area contributed by atoms with Gasteiger partial charge in [-0.05, 0) is 62.4 Å². The summed E-state index contributed by atoms with van der Waals surface area (Å²) in [5.74, 6) is -0.0275. The van der Waals surface area contributed by atoms with E-state index in [9.17, 15) is 4.79 Å². The summed E-state index contributed by atoms with van der Waals surface area (Å²) in [6, 6.07) is 21.9. The summed E-state index contributed by atoms with van der Waals surface area (Å²) in [4.78, 5) is 26.9. The molecule has 10 nitrogen and oxygen atoms in total. The van der Waals surface area contributed by atoms with Crippen LogP contribution in [0.5, 0.6) is 0 Å². The molecule has 0 aromatic carbocycles. The second-order valence-electron chi connectivity index (χ2n) is 8.11. The zero-order valence-corrected chi connectivity index (χ0v) is 22.7. The van der Waals surface area contributed by atoms with Gasteiger partial charge in [0.2, 0.25) is 0 Å². The first-order chi connectivity index (χ1) is 18.8. The summed E-state index contributed by atoms with van der Waals surface area (Å²) < 4.78 is 0. The van der Waals surface area contributed by atoms with Gasteiger partial charge in [-0.25, -0.2) is 4.98 Å². The molecule has 10 heteroatoms. The van der Waals surface area contributed by atoms with Crippen LogP contribution < -0.4 is 11.5 Å². The third-order valence-corrected chi connectivity index (χ3v) is 4.83. The topological polar surface area (TPSA) is 181 Å². The van der Waals surface area contributed by atoms with Crippen LogP contribution in [0.25, 0.3) is 0 Å². The van der Waals surface area contributed by atoms with Gasteiger partial charge in [0.05, 0.1) is 48.3 Å². The van der Waals surface area contributed by atoms with E-state index in [0.29, 0.717) is 35.9 Å². The number of Topliss-reactive ketones (excluding diaryl/α,β-unsaturated/α-hetero) is 1. The van der Waals surface area contributed by atoms with Gasteiger partial charge in [-0.3, -0.25) is 19.7 Å². The Kier molecular flexibility index (Phi) is 25.1. The van der Waals surface area contributed by atoms with Crippen LogP contribution in [0.3, 0.4) is 0 Å². The van der Waals surface area contributed by atoms with Gasteiger partial charge in [0.15, 0.2) is 5.78 Å². The number of ketones is 1. The summed E-state index contributed by atoms with van der Waals surface area (Å²) in [6.07, 6.45) is 0. The maximum atomic E-state index is 10.8. The summed E-state index contributed by atoms with van der Waals surface area (Å²) >= 11 is 0. The van der Waals surface area contributed by atoms with Gasteiger partial charge in [-0.15, -0.1) is 0 Å². The van der Waals surface area contributed by atoms with Crippen molar-refractivity contribution in [2.45, 2.75) is 76.0 Å². The molecule has 0 amide bonds. The fourth-order valence-corrected chi connectivity index (χ4v) is 2.91. The van der Waals surface area contributed by atoms with E-state index in [-0.39, 0.29) is 47.9 Å². The molecule has 232 valence electrons. The fraction of sp³-hybridized carbons (Fsp3) is 0.344. The van der Waals surface area contributed by atoms with Crippen LogP contribution in [-0.4, -0.2) is 41.0 Å². The Labute approximate surface area is 251 Å². The lowest BCUT2D eigenvalue weighted by molar-refractivity contribution is 0.101. The van der Waals surface area contributed by atoms with Crippen molar-refractivity contribution >= 4 is 5.78 Å².